The van der Waals surface area contributed by atoms with E-state index in [9.17, 15) is 4.79 Å². The first kappa shape index (κ1) is 11.5. The number of rotatable bonds is 5. The average Bonchev–Trinajstić information content (AvgIpc) is 2.29. The van der Waals surface area contributed by atoms with Gasteiger partial charge in [-0.05, 0) is 18.6 Å². The van der Waals surface area contributed by atoms with Crippen LogP contribution in [0.3, 0.4) is 0 Å². The van der Waals surface area contributed by atoms with Gasteiger partial charge >= 0.3 is 5.97 Å². The van der Waals surface area contributed by atoms with Crippen molar-refractivity contribution in [2.45, 2.75) is 25.9 Å². The lowest BCUT2D eigenvalue weighted by molar-refractivity contribution is -0.241. The molecule has 0 fully saturated rings. The monoisotopic (exact) mass is 210 g/mol. The normalized spacial score (nSPS) is 11.9. The summed E-state index contributed by atoms with van der Waals surface area (Å²) >= 11 is 0. The Morgan fingerprint density at radius 1 is 1.40 bits per heavy atom. The third-order valence-electron chi connectivity index (χ3n) is 1.93. The predicted molar refractivity (Wildman–Crippen MR) is 54.5 cm³/mol. The van der Waals surface area contributed by atoms with Crippen LogP contribution >= 0.6 is 0 Å². The van der Waals surface area contributed by atoms with Gasteiger partial charge in [-0.2, -0.15) is 5.26 Å². The van der Waals surface area contributed by atoms with E-state index in [-0.39, 0.29) is 0 Å². The Bertz CT molecular complexity index is 297. The van der Waals surface area contributed by atoms with Crippen molar-refractivity contribution in [1.29, 1.82) is 0 Å². The first-order valence-corrected chi connectivity index (χ1v) is 4.85. The molecule has 1 N–H and O–H groups in total. The molecule has 1 aromatic rings. The van der Waals surface area contributed by atoms with Crippen molar-refractivity contribution in [1.82, 2.24) is 0 Å². The molecule has 0 bridgehead atoms. The van der Waals surface area contributed by atoms with E-state index in [1.807, 2.05) is 25.1 Å². The largest absolute Gasteiger partial charge is 0.479 e. The standard InChI is InChI=1S/C11H14O4/c1-2-6-10(11(12)15-13)14-9-7-4-3-5-8-9/h3-5,7-8,10,13H,2,6H2,1H3. The van der Waals surface area contributed by atoms with Gasteiger partial charge in [0.25, 0.3) is 0 Å². The second-order valence-corrected chi connectivity index (χ2v) is 3.12. The molecule has 0 aromatic heterocycles. The van der Waals surface area contributed by atoms with Crippen molar-refractivity contribution >= 4 is 5.97 Å². The average molecular weight is 210 g/mol. The predicted octanol–water partition coefficient (Wildman–Crippen LogP) is 2.25. The van der Waals surface area contributed by atoms with Crippen LogP contribution < -0.4 is 4.74 Å². The Kier molecular flexibility index (Phi) is 4.63. The topological polar surface area (TPSA) is 55.8 Å². The SMILES string of the molecule is CCCC(Oc1ccccc1)C(=O)OO. The third kappa shape index (κ3) is 3.59. The van der Waals surface area contributed by atoms with Crippen LogP contribution in [-0.2, 0) is 9.68 Å². The van der Waals surface area contributed by atoms with Crippen LogP contribution in [0.4, 0.5) is 0 Å². The molecule has 4 heteroatoms. The zero-order valence-electron chi connectivity index (χ0n) is 8.55. The first-order valence-electron chi connectivity index (χ1n) is 4.85. The Labute approximate surface area is 88.4 Å². The minimum atomic E-state index is -0.763. The second-order valence-electron chi connectivity index (χ2n) is 3.12. The molecule has 0 heterocycles. The molecule has 82 valence electrons. The number of carbonyl (C=O) groups is 1. The highest BCUT2D eigenvalue weighted by Gasteiger charge is 2.21. The molecule has 1 atom stereocenters. The smallest absolute Gasteiger partial charge is 0.382 e. The minimum Gasteiger partial charge on any atom is -0.479 e. The van der Waals surface area contributed by atoms with E-state index < -0.39 is 12.1 Å². The van der Waals surface area contributed by atoms with Crippen molar-refractivity contribution < 1.29 is 19.7 Å². The van der Waals surface area contributed by atoms with Gasteiger partial charge in [0.15, 0.2) is 6.10 Å². The molecule has 0 radical (unpaired) electrons. The maximum atomic E-state index is 11.1. The summed E-state index contributed by atoms with van der Waals surface area (Å²) in [5, 5.41) is 8.28. The van der Waals surface area contributed by atoms with Crippen molar-refractivity contribution in [2.75, 3.05) is 0 Å². The lowest BCUT2D eigenvalue weighted by atomic mass is 10.2. The molecule has 0 amide bonds. The summed E-state index contributed by atoms with van der Waals surface area (Å²) < 4.78 is 5.37. The number of para-hydroxylation sites is 1. The Balaban J connectivity index is 2.62. The van der Waals surface area contributed by atoms with Gasteiger partial charge in [-0.25, -0.2) is 4.79 Å². The Morgan fingerprint density at radius 2 is 2.07 bits per heavy atom. The maximum absolute atomic E-state index is 11.1. The summed E-state index contributed by atoms with van der Waals surface area (Å²) in [7, 11) is 0. The van der Waals surface area contributed by atoms with E-state index in [0.29, 0.717) is 12.2 Å². The van der Waals surface area contributed by atoms with Gasteiger partial charge in [-0.3, -0.25) is 4.89 Å². The van der Waals surface area contributed by atoms with Crippen LogP contribution in [0, 0.1) is 0 Å². The van der Waals surface area contributed by atoms with E-state index in [0.717, 1.165) is 6.42 Å². The van der Waals surface area contributed by atoms with Gasteiger partial charge in [0.05, 0.1) is 0 Å². The third-order valence-corrected chi connectivity index (χ3v) is 1.93. The Morgan fingerprint density at radius 3 is 2.60 bits per heavy atom. The molecule has 15 heavy (non-hydrogen) atoms. The number of hydrogen-bond acceptors (Lipinski definition) is 4. The summed E-state index contributed by atoms with van der Waals surface area (Å²) in [6.07, 6.45) is 0.531. The van der Waals surface area contributed by atoms with Gasteiger partial charge in [-0.15, -0.1) is 0 Å². The van der Waals surface area contributed by atoms with E-state index in [4.69, 9.17) is 9.99 Å². The lowest BCUT2D eigenvalue weighted by Crippen LogP contribution is -2.28. The van der Waals surface area contributed by atoms with Crippen LogP contribution in [0.1, 0.15) is 19.8 Å². The molecule has 0 spiro atoms. The number of carbonyl (C=O) groups excluding carboxylic acids is 1. The quantitative estimate of drug-likeness (QED) is 0.598. The summed E-state index contributed by atoms with van der Waals surface area (Å²) in [6, 6.07) is 8.96. The second kappa shape index (κ2) is 6.03. The molecule has 1 unspecified atom stereocenters. The highest BCUT2D eigenvalue weighted by atomic mass is 17.1. The fourth-order valence-corrected chi connectivity index (χ4v) is 1.21. The fourth-order valence-electron chi connectivity index (χ4n) is 1.21. The summed E-state index contributed by atoms with van der Waals surface area (Å²) in [4.78, 5) is 14.8. The van der Waals surface area contributed by atoms with Gasteiger partial charge < -0.3 is 4.74 Å². The van der Waals surface area contributed by atoms with Crippen LogP contribution in [0.15, 0.2) is 30.3 Å². The van der Waals surface area contributed by atoms with Crippen molar-refractivity contribution in [3.63, 3.8) is 0 Å². The van der Waals surface area contributed by atoms with Gasteiger partial charge in [0, 0.05) is 0 Å². The Hall–Kier alpha value is -1.55. The molecule has 0 aliphatic heterocycles. The van der Waals surface area contributed by atoms with E-state index in [2.05, 4.69) is 4.89 Å². The molecule has 0 aliphatic carbocycles. The van der Waals surface area contributed by atoms with Gasteiger partial charge in [0.1, 0.15) is 5.75 Å². The van der Waals surface area contributed by atoms with Crippen LogP contribution in [-0.4, -0.2) is 17.3 Å². The molecular formula is C11H14O4. The number of benzene rings is 1. The molecule has 1 aromatic carbocycles. The zero-order valence-corrected chi connectivity index (χ0v) is 8.55. The lowest BCUT2D eigenvalue weighted by Gasteiger charge is -2.14. The fraction of sp³-hybridized carbons (Fsp3) is 0.364. The first-order chi connectivity index (χ1) is 7.27. The van der Waals surface area contributed by atoms with E-state index in [1.54, 1.807) is 12.1 Å². The molecular weight excluding hydrogens is 196 g/mol. The van der Waals surface area contributed by atoms with Crippen molar-refractivity contribution in [2.24, 2.45) is 0 Å². The number of hydrogen-bond donors (Lipinski definition) is 1. The molecule has 0 saturated carbocycles. The highest BCUT2D eigenvalue weighted by Crippen LogP contribution is 2.14. The zero-order chi connectivity index (χ0) is 11.1. The van der Waals surface area contributed by atoms with E-state index >= 15 is 0 Å². The minimum absolute atomic E-state index is 0.508. The van der Waals surface area contributed by atoms with Crippen molar-refractivity contribution in [3.8, 4) is 5.75 Å². The van der Waals surface area contributed by atoms with E-state index in [1.165, 1.54) is 0 Å². The summed E-state index contributed by atoms with van der Waals surface area (Å²) in [6.45, 7) is 1.92. The van der Waals surface area contributed by atoms with Crippen LogP contribution in [0.2, 0.25) is 0 Å². The van der Waals surface area contributed by atoms with Gasteiger partial charge in [-0.1, -0.05) is 31.5 Å². The van der Waals surface area contributed by atoms with Crippen LogP contribution in [0.25, 0.3) is 0 Å². The highest BCUT2D eigenvalue weighted by molar-refractivity contribution is 5.74. The van der Waals surface area contributed by atoms with Gasteiger partial charge in [0.2, 0.25) is 0 Å². The molecule has 1 rings (SSSR count). The molecule has 0 aliphatic rings. The maximum Gasteiger partial charge on any atom is 0.382 e. The number of ether oxygens (including phenoxy) is 1. The molecule has 4 nitrogen and oxygen atoms in total. The summed E-state index contributed by atoms with van der Waals surface area (Å²) in [5.74, 6) is -0.179. The van der Waals surface area contributed by atoms with Crippen molar-refractivity contribution in [3.05, 3.63) is 30.3 Å². The van der Waals surface area contributed by atoms with Crippen LogP contribution in [0.5, 0.6) is 5.75 Å². The summed E-state index contributed by atoms with van der Waals surface area (Å²) in [5.41, 5.74) is 0. The molecule has 0 saturated heterocycles.